The van der Waals surface area contributed by atoms with E-state index in [1.807, 2.05) is 6.07 Å². The van der Waals surface area contributed by atoms with Gasteiger partial charge in [-0.2, -0.15) is 5.10 Å². The molecule has 1 aliphatic carbocycles. The lowest BCUT2D eigenvalue weighted by Gasteiger charge is -2.27. The third kappa shape index (κ3) is 3.63. The van der Waals surface area contributed by atoms with Crippen LogP contribution in [-0.2, 0) is 0 Å². The normalized spacial score (nSPS) is 19.3. The van der Waals surface area contributed by atoms with E-state index >= 15 is 0 Å². The second-order valence-corrected chi connectivity index (χ2v) is 8.51. The molecule has 2 heterocycles. The lowest BCUT2D eigenvalue weighted by Crippen LogP contribution is -2.23. The smallest absolute Gasteiger partial charge is 0.0924 e. The maximum Gasteiger partial charge on any atom is 0.0924 e. The fraction of sp³-hybridized carbons (Fsp3) is 0.308. The zero-order chi connectivity index (χ0) is 20.5. The predicted molar refractivity (Wildman–Crippen MR) is 123 cm³/mol. The Morgan fingerprint density at radius 3 is 2.47 bits per heavy atom. The molecule has 4 heteroatoms. The number of hydrogen-bond donors (Lipinski definition) is 1. The first kappa shape index (κ1) is 19.0. The van der Waals surface area contributed by atoms with Crippen molar-refractivity contribution in [3.8, 4) is 22.5 Å². The van der Waals surface area contributed by atoms with Crippen LogP contribution in [0, 0.1) is 12.8 Å². The minimum absolute atomic E-state index is 0.493. The number of nitrogens with two attached hydrogens (primary N) is 1. The zero-order valence-corrected chi connectivity index (χ0v) is 17.5. The second kappa shape index (κ2) is 8.04. The minimum Gasteiger partial charge on any atom is -0.330 e. The van der Waals surface area contributed by atoms with E-state index in [1.165, 1.54) is 36.6 Å². The molecule has 1 fully saturated rings. The van der Waals surface area contributed by atoms with Crippen LogP contribution in [0.5, 0.6) is 0 Å². The van der Waals surface area contributed by atoms with Crippen molar-refractivity contribution >= 4 is 10.9 Å². The lowest BCUT2D eigenvalue weighted by molar-refractivity contribution is 0.265. The molecule has 4 aromatic rings. The standard InChI is InChI=1S/C26H28N4/c1-18-15-25(20-5-3-2-4-6-20)28-26-16-21(9-12-23(18)26)24-13-14-30(29-24)22-10-7-19(17-27)8-11-22/h2-6,9,12-16,19,22H,7-8,10-11,17,27H2,1H3. The van der Waals surface area contributed by atoms with E-state index in [0.717, 1.165) is 34.6 Å². The van der Waals surface area contributed by atoms with E-state index in [9.17, 15) is 0 Å². The molecule has 30 heavy (non-hydrogen) atoms. The molecule has 0 aliphatic heterocycles. The highest BCUT2D eigenvalue weighted by Gasteiger charge is 2.22. The van der Waals surface area contributed by atoms with Gasteiger partial charge in [0.15, 0.2) is 0 Å². The number of rotatable bonds is 4. The summed E-state index contributed by atoms with van der Waals surface area (Å²) >= 11 is 0. The Kier molecular flexibility index (Phi) is 5.09. The summed E-state index contributed by atoms with van der Waals surface area (Å²) in [6, 6.07) is 21.7. The van der Waals surface area contributed by atoms with Crippen molar-refractivity contribution in [2.45, 2.75) is 38.6 Å². The molecule has 152 valence electrons. The van der Waals surface area contributed by atoms with Gasteiger partial charge in [-0.05, 0) is 68.8 Å². The fourth-order valence-electron chi connectivity index (χ4n) is 4.66. The predicted octanol–water partition coefficient (Wildman–Crippen LogP) is 5.76. The van der Waals surface area contributed by atoms with Crippen molar-refractivity contribution < 1.29 is 0 Å². The molecule has 1 aliphatic rings. The Morgan fingerprint density at radius 1 is 0.900 bits per heavy atom. The number of aromatic nitrogens is 3. The van der Waals surface area contributed by atoms with Crippen LogP contribution in [0.25, 0.3) is 33.4 Å². The van der Waals surface area contributed by atoms with Gasteiger partial charge in [0, 0.05) is 22.7 Å². The maximum atomic E-state index is 5.84. The number of fused-ring (bicyclic) bond motifs is 1. The number of benzene rings is 2. The summed E-state index contributed by atoms with van der Waals surface area (Å²) in [6.45, 7) is 2.97. The van der Waals surface area contributed by atoms with Crippen LogP contribution in [0.15, 0.2) is 66.9 Å². The van der Waals surface area contributed by atoms with Crippen LogP contribution < -0.4 is 5.73 Å². The first-order valence-electron chi connectivity index (χ1n) is 10.9. The molecule has 0 amide bonds. The van der Waals surface area contributed by atoms with Crippen molar-refractivity contribution in [1.82, 2.24) is 14.8 Å². The summed E-state index contributed by atoms with van der Waals surface area (Å²) in [6.07, 6.45) is 6.88. The average Bonchev–Trinajstić information content (AvgIpc) is 3.30. The van der Waals surface area contributed by atoms with E-state index in [2.05, 4.69) is 72.4 Å². The maximum absolute atomic E-state index is 5.84. The van der Waals surface area contributed by atoms with Crippen LogP contribution in [0.1, 0.15) is 37.3 Å². The third-order valence-corrected chi connectivity index (χ3v) is 6.51. The van der Waals surface area contributed by atoms with Gasteiger partial charge in [0.2, 0.25) is 0 Å². The summed E-state index contributed by atoms with van der Waals surface area (Å²) < 4.78 is 2.16. The van der Waals surface area contributed by atoms with E-state index in [-0.39, 0.29) is 0 Å². The monoisotopic (exact) mass is 396 g/mol. The van der Waals surface area contributed by atoms with E-state index in [4.69, 9.17) is 15.8 Å². The SMILES string of the molecule is Cc1cc(-c2ccccc2)nc2cc(-c3ccn(C4CCC(CN)CC4)n3)ccc12. The molecule has 5 rings (SSSR count). The zero-order valence-electron chi connectivity index (χ0n) is 17.5. The van der Waals surface area contributed by atoms with Crippen molar-refractivity contribution in [3.05, 3.63) is 72.4 Å². The van der Waals surface area contributed by atoms with Crippen molar-refractivity contribution in [3.63, 3.8) is 0 Å². The Bertz CT molecular complexity index is 1150. The van der Waals surface area contributed by atoms with Gasteiger partial charge in [-0.25, -0.2) is 4.98 Å². The Morgan fingerprint density at radius 2 is 1.70 bits per heavy atom. The average molecular weight is 397 g/mol. The number of aryl methyl sites for hydroxylation is 1. The summed E-state index contributed by atoms with van der Waals surface area (Å²) in [5.74, 6) is 0.685. The second-order valence-electron chi connectivity index (χ2n) is 8.51. The Labute approximate surface area is 177 Å². The molecule has 0 radical (unpaired) electrons. The van der Waals surface area contributed by atoms with Gasteiger partial charge in [-0.1, -0.05) is 42.5 Å². The summed E-state index contributed by atoms with van der Waals surface area (Å²) in [4.78, 5) is 4.96. The summed E-state index contributed by atoms with van der Waals surface area (Å²) in [5.41, 5.74) is 12.4. The van der Waals surface area contributed by atoms with Crippen LogP contribution in [0.2, 0.25) is 0 Å². The molecule has 2 aromatic heterocycles. The molecule has 0 atom stereocenters. The molecule has 1 saturated carbocycles. The summed E-state index contributed by atoms with van der Waals surface area (Å²) in [5, 5.41) is 6.12. The minimum atomic E-state index is 0.493. The number of pyridine rings is 1. The first-order chi connectivity index (χ1) is 14.7. The molecule has 2 N–H and O–H groups in total. The van der Waals surface area contributed by atoms with Gasteiger partial charge in [0.1, 0.15) is 0 Å². The van der Waals surface area contributed by atoms with Gasteiger partial charge >= 0.3 is 0 Å². The Balaban J connectivity index is 1.46. The molecular formula is C26H28N4. The highest BCUT2D eigenvalue weighted by molar-refractivity contribution is 5.88. The molecule has 0 bridgehead atoms. The quantitative estimate of drug-likeness (QED) is 0.477. The van der Waals surface area contributed by atoms with Crippen LogP contribution in [0.4, 0.5) is 0 Å². The van der Waals surface area contributed by atoms with Gasteiger partial charge in [0.25, 0.3) is 0 Å². The van der Waals surface area contributed by atoms with Crippen molar-refractivity contribution in [2.24, 2.45) is 11.7 Å². The molecule has 0 spiro atoms. The highest BCUT2D eigenvalue weighted by Crippen LogP contribution is 2.33. The molecular weight excluding hydrogens is 368 g/mol. The fourth-order valence-corrected chi connectivity index (χ4v) is 4.66. The molecule has 0 unspecified atom stereocenters. The molecule has 2 aromatic carbocycles. The topological polar surface area (TPSA) is 56.7 Å². The third-order valence-electron chi connectivity index (χ3n) is 6.51. The van der Waals surface area contributed by atoms with Gasteiger partial charge in [0.05, 0.1) is 22.9 Å². The van der Waals surface area contributed by atoms with Gasteiger partial charge in [-0.3, -0.25) is 4.68 Å². The highest BCUT2D eigenvalue weighted by atomic mass is 15.3. The van der Waals surface area contributed by atoms with E-state index in [0.29, 0.717) is 12.0 Å². The van der Waals surface area contributed by atoms with E-state index < -0.39 is 0 Å². The molecule has 4 nitrogen and oxygen atoms in total. The van der Waals surface area contributed by atoms with Crippen LogP contribution in [0.3, 0.4) is 0 Å². The first-order valence-corrected chi connectivity index (χ1v) is 10.9. The lowest BCUT2D eigenvalue weighted by atomic mass is 9.86. The largest absolute Gasteiger partial charge is 0.330 e. The van der Waals surface area contributed by atoms with Crippen molar-refractivity contribution in [2.75, 3.05) is 6.54 Å². The van der Waals surface area contributed by atoms with Crippen molar-refractivity contribution in [1.29, 1.82) is 0 Å². The number of hydrogen-bond acceptors (Lipinski definition) is 3. The number of nitrogens with zero attached hydrogens (tertiary/aromatic N) is 3. The summed E-state index contributed by atoms with van der Waals surface area (Å²) in [7, 11) is 0. The van der Waals surface area contributed by atoms with Gasteiger partial charge in [-0.15, -0.1) is 0 Å². The van der Waals surface area contributed by atoms with Crippen LogP contribution >= 0.6 is 0 Å². The molecule has 0 saturated heterocycles. The van der Waals surface area contributed by atoms with E-state index in [1.54, 1.807) is 0 Å². The van der Waals surface area contributed by atoms with Gasteiger partial charge < -0.3 is 5.73 Å². The Hall–Kier alpha value is -2.98. The van der Waals surface area contributed by atoms with Crippen LogP contribution in [-0.4, -0.2) is 21.3 Å².